The Morgan fingerprint density at radius 2 is 1.76 bits per heavy atom. The van der Waals surface area contributed by atoms with Gasteiger partial charge in [-0.1, -0.05) is 16.4 Å². The molecule has 2 unspecified atom stereocenters. The first-order valence-corrected chi connectivity index (χ1v) is 6.71. The lowest BCUT2D eigenvalue weighted by molar-refractivity contribution is -0.196. The first kappa shape index (κ1) is 16.2. The van der Waals surface area contributed by atoms with Crippen molar-refractivity contribution in [2.45, 2.75) is 20.8 Å². The van der Waals surface area contributed by atoms with Crippen LogP contribution in [0.4, 0.5) is 0 Å². The highest BCUT2D eigenvalue weighted by molar-refractivity contribution is 7.80. The van der Waals surface area contributed by atoms with E-state index in [1.807, 2.05) is 0 Å². The van der Waals surface area contributed by atoms with Crippen LogP contribution in [0, 0.1) is 0 Å². The molecular weight excluding hydrogens is 272 g/mol. The van der Waals surface area contributed by atoms with E-state index in [-0.39, 0.29) is 5.75 Å². The third-order valence-electron chi connectivity index (χ3n) is 1.41. The Morgan fingerprint density at radius 3 is 2.29 bits per heavy atom. The first-order chi connectivity index (χ1) is 8.01. The van der Waals surface area contributed by atoms with Crippen molar-refractivity contribution in [2.75, 3.05) is 12.9 Å². The molecule has 0 spiro atoms. The number of nitrogens with zero attached hydrogens (tertiary/aromatic N) is 2. The van der Waals surface area contributed by atoms with E-state index in [0.717, 1.165) is 0 Å². The maximum atomic E-state index is 10.8. The maximum absolute atomic E-state index is 10.8. The van der Waals surface area contributed by atoms with E-state index in [4.69, 9.17) is 0 Å². The summed E-state index contributed by atoms with van der Waals surface area (Å²) >= 11 is -3.48. The van der Waals surface area contributed by atoms with E-state index in [9.17, 15) is 8.42 Å². The SMILES string of the molecule is CCS(=O)OO/N=C(C)/C(C)=N\OS(=O)OC. The zero-order chi connectivity index (χ0) is 13.3. The summed E-state index contributed by atoms with van der Waals surface area (Å²) in [6.07, 6.45) is 0. The van der Waals surface area contributed by atoms with Gasteiger partial charge < -0.3 is 0 Å². The molecule has 0 N–H and O–H groups in total. The van der Waals surface area contributed by atoms with Gasteiger partial charge in [-0.05, 0) is 19.0 Å². The minimum atomic E-state index is -1.94. The third-order valence-corrected chi connectivity index (χ3v) is 2.56. The van der Waals surface area contributed by atoms with Gasteiger partial charge in [0.05, 0.1) is 12.9 Å². The summed E-state index contributed by atoms with van der Waals surface area (Å²) in [4.78, 5) is 4.35. The van der Waals surface area contributed by atoms with Gasteiger partial charge in [0.1, 0.15) is 11.4 Å². The molecule has 2 atom stereocenters. The molecule has 0 aromatic heterocycles. The molecule has 0 saturated carbocycles. The van der Waals surface area contributed by atoms with Crippen molar-refractivity contribution in [3.05, 3.63) is 0 Å². The normalized spacial score (nSPS) is 16.5. The molecule has 0 saturated heterocycles. The molecule has 0 amide bonds. The van der Waals surface area contributed by atoms with Gasteiger partial charge >= 0.3 is 11.4 Å². The number of oxime groups is 2. The van der Waals surface area contributed by atoms with E-state index in [1.165, 1.54) is 7.11 Å². The summed E-state index contributed by atoms with van der Waals surface area (Å²) in [5.74, 6) is 0.289. The molecule has 0 radical (unpaired) electrons. The molecule has 17 heavy (non-hydrogen) atoms. The Labute approximate surface area is 104 Å². The fraction of sp³-hybridized carbons (Fsp3) is 0.714. The summed E-state index contributed by atoms with van der Waals surface area (Å²) in [6, 6.07) is 0. The Hall–Kier alpha value is -0.840. The zero-order valence-corrected chi connectivity index (χ0v) is 11.5. The fourth-order valence-corrected chi connectivity index (χ4v) is 0.830. The van der Waals surface area contributed by atoms with Crippen LogP contribution in [0.5, 0.6) is 0 Å². The first-order valence-electron chi connectivity index (χ1n) is 4.47. The van der Waals surface area contributed by atoms with Crippen LogP contribution in [0.1, 0.15) is 20.8 Å². The van der Waals surface area contributed by atoms with E-state index in [1.54, 1.807) is 20.8 Å². The van der Waals surface area contributed by atoms with Crippen molar-refractivity contribution in [2.24, 2.45) is 10.3 Å². The van der Waals surface area contributed by atoms with E-state index in [2.05, 4.69) is 28.1 Å². The minimum Gasteiger partial charge on any atom is -0.265 e. The second-order valence-electron chi connectivity index (χ2n) is 2.53. The zero-order valence-electron chi connectivity index (χ0n) is 9.87. The quantitative estimate of drug-likeness (QED) is 0.368. The van der Waals surface area contributed by atoms with E-state index < -0.39 is 22.4 Å². The molecule has 0 aliphatic rings. The molecule has 100 valence electrons. The summed E-state index contributed by atoms with van der Waals surface area (Å²) in [5, 5.41) is 6.93. The molecule has 0 aliphatic carbocycles. The maximum Gasteiger partial charge on any atom is 0.381 e. The minimum absolute atomic E-state index is 0.289. The van der Waals surface area contributed by atoms with Crippen molar-refractivity contribution in [3.63, 3.8) is 0 Å². The lowest BCUT2D eigenvalue weighted by atomic mass is 10.3. The Bertz CT molecular complexity index is 343. The molecule has 0 bridgehead atoms. The molecule has 0 aromatic carbocycles. The van der Waals surface area contributed by atoms with Gasteiger partial charge in [-0.15, -0.1) is 0 Å². The highest BCUT2D eigenvalue weighted by Gasteiger charge is 2.03. The van der Waals surface area contributed by atoms with Crippen molar-refractivity contribution in [1.82, 2.24) is 0 Å². The van der Waals surface area contributed by atoms with Gasteiger partial charge in [0.2, 0.25) is 11.1 Å². The van der Waals surface area contributed by atoms with Crippen LogP contribution in [-0.2, 0) is 40.2 Å². The van der Waals surface area contributed by atoms with Crippen molar-refractivity contribution >= 4 is 33.9 Å². The number of rotatable bonds is 8. The van der Waals surface area contributed by atoms with Crippen LogP contribution in [0.25, 0.3) is 0 Å². The predicted octanol–water partition coefficient (Wildman–Crippen LogP) is 0.612. The second kappa shape index (κ2) is 9.22. The van der Waals surface area contributed by atoms with Crippen LogP contribution in [0.3, 0.4) is 0 Å². The Balaban J connectivity index is 4.19. The van der Waals surface area contributed by atoms with Gasteiger partial charge in [0.15, 0.2) is 0 Å². The molecule has 8 nitrogen and oxygen atoms in total. The lowest BCUT2D eigenvalue weighted by Crippen LogP contribution is -2.09. The average Bonchev–Trinajstić information content (AvgIpc) is 2.34. The van der Waals surface area contributed by atoms with Crippen LogP contribution in [0.15, 0.2) is 10.3 Å². The van der Waals surface area contributed by atoms with Crippen LogP contribution >= 0.6 is 0 Å². The lowest BCUT2D eigenvalue weighted by Gasteiger charge is -1.99. The molecule has 0 heterocycles. The molecule has 0 fully saturated rings. The molecule has 0 rings (SSSR count). The highest BCUT2D eigenvalue weighted by atomic mass is 32.2. The summed E-state index contributed by atoms with van der Waals surface area (Å²) in [7, 11) is 1.21. The van der Waals surface area contributed by atoms with Crippen LogP contribution in [0.2, 0.25) is 0 Å². The van der Waals surface area contributed by atoms with Crippen molar-refractivity contribution in [1.29, 1.82) is 0 Å². The average molecular weight is 286 g/mol. The van der Waals surface area contributed by atoms with E-state index >= 15 is 0 Å². The Kier molecular flexibility index (Phi) is 8.76. The standard InChI is InChI=1S/C7H14N2O6S2/c1-5-16(10)15-13-8-6(2)7(3)9-14-17(11)12-4/h5H2,1-4H3/b8-6+,9-7-. The molecule has 0 aliphatic heterocycles. The van der Waals surface area contributed by atoms with Crippen molar-refractivity contribution in [3.8, 4) is 0 Å². The highest BCUT2D eigenvalue weighted by Crippen LogP contribution is 1.94. The van der Waals surface area contributed by atoms with Gasteiger partial charge in [-0.2, -0.15) is 4.21 Å². The molecule has 0 aromatic rings. The number of hydrogen-bond donors (Lipinski definition) is 0. The Morgan fingerprint density at radius 1 is 1.18 bits per heavy atom. The number of hydrogen-bond acceptors (Lipinski definition) is 8. The summed E-state index contributed by atoms with van der Waals surface area (Å²) < 4.78 is 34.6. The largest absolute Gasteiger partial charge is 0.381 e. The van der Waals surface area contributed by atoms with Crippen LogP contribution < -0.4 is 0 Å². The van der Waals surface area contributed by atoms with E-state index in [0.29, 0.717) is 11.4 Å². The molecular formula is C7H14N2O6S2. The smallest absolute Gasteiger partial charge is 0.265 e. The molecule has 10 heteroatoms. The fourth-order valence-electron chi connectivity index (χ4n) is 0.402. The predicted molar refractivity (Wildman–Crippen MR) is 63.3 cm³/mol. The van der Waals surface area contributed by atoms with Gasteiger partial charge in [-0.3, -0.25) is 8.47 Å². The summed E-state index contributed by atoms with van der Waals surface area (Å²) in [5.41, 5.74) is 0.618. The third kappa shape index (κ3) is 7.96. The van der Waals surface area contributed by atoms with Crippen LogP contribution in [-0.4, -0.2) is 32.7 Å². The van der Waals surface area contributed by atoms with Gasteiger partial charge in [0, 0.05) is 0 Å². The monoisotopic (exact) mass is 286 g/mol. The van der Waals surface area contributed by atoms with Crippen molar-refractivity contribution < 1.29 is 26.2 Å². The topological polar surface area (TPSA) is 95.8 Å². The second-order valence-corrected chi connectivity index (χ2v) is 4.75. The van der Waals surface area contributed by atoms with Gasteiger partial charge in [-0.25, -0.2) is 9.20 Å². The van der Waals surface area contributed by atoms with Gasteiger partial charge in [0.25, 0.3) is 0 Å². The summed E-state index contributed by atoms with van der Waals surface area (Å²) in [6.45, 7) is 4.76.